The number of aliphatic hydroxyl groups excluding tert-OH is 2. The monoisotopic (exact) mass is 304 g/mol. The minimum atomic E-state index is -1.87. The topological polar surface area (TPSA) is 112 Å². The van der Waals surface area contributed by atoms with Crippen molar-refractivity contribution in [2.24, 2.45) is 0 Å². The van der Waals surface area contributed by atoms with E-state index in [0.29, 0.717) is 0 Å². The molecule has 1 aliphatic rings. The van der Waals surface area contributed by atoms with Crippen molar-refractivity contribution in [3.8, 4) is 0 Å². The summed E-state index contributed by atoms with van der Waals surface area (Å²) in [7, 11) is 0. The van der Waals surface area contributed by atoms with E-state index in [9.17, 15) is 19.8 Å². The minimum Gasteiger partial charge on any atom is -0.464 e. The van der Waals surface area contributed by atoms with Gasteiger partial charge in [0.2, 0.25) is 5.79 Å². The number of esters is 2. The second kappa shape index (κ2) is 8.08. The highest BCUT2D eigenvalue weighted by Gasteiger charge is 2.48. The molecule has 0 spiro atoms. The van der Waals surface area contributed by atoms with E-state index in [1.165, 1.54) is 0 Å². The van der Waals surface area contributed by atoms with Crippen LogP contribution < -0.4 is 0 Å². The Hall–Kier alpha value is -1.48. The molecule has 2 atom stereocenters. The van der Waals surface area contributed by atoms with Gasteiger partial charge in [-0.25, -0.2) is 9.59 Å². The molecule has 21 heavy (non-hydrogen) atoms. The summed E-state index contributed by atoms with van der Waals surface area (Å²) in [6.07, 6.45) is -1.49. The quantitative estimate of drug-likeness (QED) is 0.461. The van der Waals surface area contributed by atoms with Crippen molar-refractivity contribution in [2.45, 2.75) is 31.8 Å². The predicted molar refractivity (Wildman–Crippen MR) is 69.1 cm³/mol. The van der Waals surface area contributed by atoms with E-state index in [1.54, 1.807) is 13.8 Å². The Morgan fingerprint density at radius 2 is 1.76 bits per heavy atom. The molecule has 0 aromatic rings. The Balaban J connectivity index is 2.84. The molecular formula is C13H20O8. The van der Waals surface area contributed by atoms with Gasteiger partial charge in [0.1, 0.15) is 6.10 Å². The molecule has 1 aliphatic heterocycles. The maximum atomic E-state index is 11.5. The van der Waals surface area contributed by atoms with Crippen LogP contribution in [-0.4, -0.2) is 66.6 Å². The molecule has 120 valence electrons. The SMILES string of the molecule is CCOC(=O)/C=C/C1([C@@H](O)[C@H](O)C(=O)OCC)OCCO1. The Labute approximate surface area is 122 Å². The van der Waals surface area contributed by atoms with Crippen LogP contribution in [0.15, 0.2) is 12.2 Å². The van der Waals surface area contributed by atoms with Gasteiger partial charge in [-0.1, -0.05) is 0 Å². The van der Waals surface area contributed by atoms with Crippen LogP contribution in [0.4, 0.5) is 0 Å². The summed E-state index contributed by atoms with van der Waals surface area (Å²) < 4.78 is 19.8. The third-order valence-electron chi connectivity index (χ3n) is 2.72. The van der Waals surface area contributed by atoms with Gasteiger partial charge in [-0.15, -0.1) is 0 Å². The molecule has 0 aliphatic carbocycles. The number of carbonyl (C=O) groups is 2. The lowest BCUT2D eigenvalue weighted by molar-refractivity contribution is -0.218. The van der Waals surface area contributed by atoms with Crippen LogP contribution in [0.5, 0.6) is 0 Å². The molecule has 8 heteroatoms. The standard InChI is InChI=1S/C13H20O8/c1-3-18-9(14)5-6-13(20-7-8-21-13)11(16)10(15)12(17)19-4-2/h5-6,10-11,15-16H,3-4,7-8H2,1-2H3/b6-5+/t10-,11-/m0/s1. The number of hydrogen-bond acceptors (Lipinski definition) is 8. The average molecular weight is 304 g/mol. The van der Waals surface area contributed by atoms with E-state index in [-0.39, 0.29) is 26.4 Å². The molecule has 1 fully saturated rings. The molecule has 1 rings (SSSR count). The number of ether oxygens (including phenoxy) is 4. The third kappa shape index (κ3) is 4.50. The first-order chi connectivity index (χ1) is 9.96. The summed E-state index contributed by atoms with van der Waals surface area (Å²) >= 11 is 0. The van der Waals surface area contributed by atoms with Crippen LogP contribution in [0, 0.1) is 0 Å². The number of carbonyl (C=O) groups excluding carboxylic acids is 2. The van der Waals surface area contributed by atoms with Gasteiger partial charge in [-0.3, -0.25) is 0 Å². The molecule has 8 nitrogen and oxygen atoms in total. The highest BCUT2D eigenvalue weighted by atomic mass is 16.7. The lowest BCUT2D eigenvalue weighted by atomic mass is 10.0. The fourth-order valence-corrected chi connectivity index (χ4v) is 1.76. The van der Waals surface area contributed by atoms with Crippen molar-refractivity contribution in [1.29, 1.82) is 0 Å². The van der Waals surface area contributed by atoms with E-state index in [2.05, 4.69) is 4.74 Å². The summed E-state index contributed by atoms with van der Waals surface area (Å²) in [6, 6.07) is 0. The molecule has 0 bridgehead atoms. The van der Waals surface area contributed by atoms with Gasteiger partial charge in [0.05, 0.1) is 26.4 Å². The zero-order chi connectivity index (χ0) is 15.9. The Morgan fingerprint density at radius 1 is 1.19 bits per heavy atom. The molecule has 0 amide bonds. The van der Waals surface area contributed by atoms with Gasteiger partial charge in [-0.2, -0.15) is 0 Å². The van der Waals surface area contributed by atoms with Gasteiger partial charge in [0.15, 0.2) is 6.10 Å². The molecule has 0 aromatic carbocycles. The molecule has 0 aromatic heterocycles. The minimum absolute atomic E-state index is 0.0516. The average Bonchev–Trinajstić information content (AvgIpc) is 2.94. The summed E-state index contributed by atoms with van der Waals surface area (Å²) in [5.74, 6) is -3.46. The van der Waals surface area contributed by atoms with Crippen molar-refractivity contribution >= 4 is 11.9 Å². The first-order valence-electron chi connectivity index (χ1n) is 6.63. The van der Waals surface area contributed by atoms with E-state index in [0.717, 1.165) is 12.2 Å². The summed E-state index contributed by atoms with van der Waals surface area (Å²) in [5, 5.41) is 19.9. The fraction of sp³-hybridized carbons (Fsp3) is 0.692. The largest absolute Gasteiger partial charge is 0.464 e. The smallest absolute Gasteiger partial charge is 0.337 e. The molecule has 1 saturated heterocycles. The first kappa shape index (κ1) is 17.6. The van der Waals surface area contributed by atoms with Crippen LogP contribution in [0.25, 0.3) is 0 Å². The highest BCUT2D eigenvalue weighted by molar-refractivity contribution is 5.82. The van der Waals surface area contributed by atoms with Crippen molar-refractivity contribution in [1.82, 2.24) is 0 Å². The number of hydrogen-bond donors (Lipinski definition) is 2. The van der Waals surface area contributed by atoms with Gasteiger partial charge < -0.3 is 29.2 Å². The van der Waals surface area contributed by atoms with E-state index >= 15 is 0 Å². The Kier molecular flexibility index (Phi) is 6.76. The Morgan fingerprint density at radius 3 is 2.29 bits per heavy atom. The third-order valence-corrected chi connectivity index (χ3v) is 2.72. The molecule has 0 unspecified atom stereocenters. The van der Waals surface area contributed by atoms with Crippen LogP contribution in [0.1, 0.15) is 13.8 Å². The zero-order valence-electron chi connectivity index (χ0n) is 12.0. The summed E-state index contributed by atoms with van der Waals surface area (Å²) in [5.41, 5.74) is 0. The van der Waals surface area contributed by atoms with Gasteiger partial charge in [0.25, 0.3) is 0 Å². The zero-order valence-corrected chi connectivity index (χ0v) is 12.0. The maximum absolute atomic E-state index is 11.5. The van der Waals surface area contributed by atoms with Crippen LogP contribution in [-0.2, 0) is 28.5 Å². The molecular weight excluding hydrogens is 284 g/mol. The molecule has 2 N–H and O–H groups in total. The predicted octanol–water partition coefficient (Wildman–Crippen LogP) is -0.866. The molecule has 0 saturated carbocycles. The lowest BCUT2D eigenvalue weighted by Crippen LogP contribution is -2.52. The van der Waals surface area contributed by atoms with Crippen molar-refractivity contribution < 1.29 is 38.7 Å². The highest BCUT2D eigenvalue weighted by Crippen LogP contribution is 2.27. The summed E-state index contributed by atoms with van der Waals surface area (Å²) in [6.45, 7) is 3.72. The van der Waals surface area contributed by atoms with Gasteiger partial charge >= 0.3 is 11.9 Å². The van der Waals surface area contributed by atoms with Crippen LogP contribution in [0.2, 0.25) is 0 Å². The van der Waals surface area contributed by atoms with Crippen LogP contribution in [0.3, 0.4) is 0 Å². The van der Waals surface area contributed by atoms with Crippen molar-refractivity contribution in [3.63, 3.8) is 0 Å². The van der Waals surface area contributed by atoms with E-state index < -0.39 is 29.9 Å². The number of rotatable bonds is 7. The Bertz CT molecular complexity index is 386. The van der Waals surface area contributed by atoms with Crippen molar-refractivity contribution in [3.05, 3.63) is 12.2 Å². The second-order valence-electron chi connectivity index (χ2n) is 4.15. The van der Waals surface area contributed by atoms with Gasteiger partial charge in [0, 0.05) is 6.08 Å². The maximum Gasteiger partial charge on any atom is 0.337 e. The summed E-state index contributed by atoms with van der Waals surface area (Å²) in [4.78, 5) is 22.8. The normalized spacial score (nSPS) is 20.2. The molecule has 1 heterocycles. The lowest BCUT2D eigenvalue weighted by Gasteiger charge is -2.31. The fourth-order valence-electron chi connectivity index (χ4n) is 1.76. The van der Waals surface area contributed by atoms with E-state index in [1.807, 2.05) is 0 Å². The molecule has 0 radical (unpaired) electrons. The number of aliphatic hydroxyl groups is 2. The van der Waals surface area contributed by atoms with Crippen molar-refractivity contribution in [2.75, 3.05) is 26.4 Å². The first-order valence-corrected chi connectivity index (χ1v) is 6.63. The van der Waals surface area contributed by atoms with Gasteiger partial charge in [-0.05, 0) is 19.9 Å². The van der Waals surface area contributed by atoms with Crippen LogP contribution >= 0.6 is 0 Å². The second-order valence-corrected chi connectivity index (χ2v) is 4.15. The van der Waals surface area contributed by atoms with E-state index in [4.69, 9.17) is 14.2 Å².